The first-order valence-electron chi connectivity index (χ1n) is 29.5. The first-order valence-corrected chi connectivity index (χ1v) is 29.5. The van der Waals surface area contributed by atoms with Gasteiger partial charge in [-0.15, -0.1) is 0 Å². The van der Waals surface area contributed by atoms with Crippen LogP contribution in [0.5, 0.6) is 23.5 Å². The van der Waals surface area contributed by atoms with Crippen LogP contribution in [-0.2, 0) is 32.5 Å². The lowest BCUT2D eigenvalue weighted by molar-refractivity contribution is 0.111. The predicted octanol–water partition coefficient (Wildman–Crippen LogP) is 8.12. The van der Waals surface area contributed by atoms with Gasteiger partial charge in [0.15, 0.2) is 0 Å². The molecule has 0 saturated carbocycles. The molecule has 4 fully saturated rings. The second-order valence-electron chi connectivity index (χ2n) is 23.2. The molecule has 0 amide bonds. The molecule has 16 nitrogen and oxygen atoms in total. The number of aromatic nitrogens is 4. The van der Waals surface area contributed by atoms with Crippen molar-refractivity contribution in [2.24, 2.45) is 5.92 Å². The zero-order chi connectivity index (χ0) is 54.1. The standard InChI is InChI=1S/C64H78N12O4/c1-43(57-19-12-26-71(57)3)79-63-67-55-39-76(28-20-53(55)61(69-63)73-29-22-65-23-30-73)60-37-50(35-48-16-9-11-18-52(48)60)78-42-46-33-58(72(4)38-46)44(2)80-64-68-56-40-75(27-21-54(56)62(70-64)74-31-24-66-25-32-74)59-36-49(34-47-15-8-10-17-51(47)59)77-41-45-13-6-5-7-14-45/h5-11,13-18,34-37,43-44,46,57-58,65-66H,12,19-33,38-42H2,1-4H3/t43-,44-,46?,57-,58-/m1/s1. The number of ether oxygens (including phenoxy) is 4. The Morgan fingerprint density at radius 1 is 0.550 bits per heavy atom. The summed E-state index contributed by atoms with van der Waals surface area (Å²) in [6, 6.07) is 38.0. The third-order valence-electron chi connectivity index (χ3n) is 17.9. The summed E-state index contributed by atoms with van der Waals surface area (Å²) in [5, 5.41) is 11.8. The van der Waals surface area contributed by atoms with Gasteiger partial charge in [-0.2, -0.15) is 19.9 Å². The van der Waals surface area contributed by atoms with Crippen molar-refractivity contribution in [2.45, 2.75) is 89.9 Å². The number of nitrogens with one attached hydrogen (secondary N) is 2. The van der Waals surface area contributed by atoms with E-state index in [1.165, 1.54) is 39.4 Å². The van der Waals surface area contributed by atoms with Gasteiger partial charge in [0.2, 0.25) is 0 Å². The molecule has 6 aliphatic rings. The molecule has 0 bridgehead atoms. The fourth-order valence-corrected chi connectivity index (χ4v) is 13.6. The summed E-state index contributed by atoms with van der Waals surface area (Å²) in [5.74, 6) is 4.12. The first kappa shape index (κ1) is 52.4. The summed E-state index contributed by atoms with van der Waals surface area (Å²) in [6.07, 6.45) is 4.80. The monoisotopic (exact) mass is 1080 g/mol. The lowest BCUT2D eigenvalue weighted by Crippen LogP contribution is -2.45. The number of likely N-dealkylation sites (tertiary alicyclic amines) is 2. The van der Waals surface area contributed by atoms with Crippen LogP contribution >= 0.6 is 0 Å². The number of hydrogen-bond donors (Lipinski definition) is 2. The van der Waals surface area contributed by atoms with E-state index in [9.17, 15) is 0 Å². The topological polar surface area (TPSA) is 132 Å². The minimum Gasteiger partial charge on any atom is -0.493 e. The summed E-state index contributed by atoms with van der Waals surface area (Å²) in [7, 11) is 4.42. The maximum Gasteiger partial charge on any atom is 0.318 e. The van der Waals surface area contributed by atoms with Crippen molar-refractivity contribution in [3.8, 4) is 23.5 Å². The van der Waals surface area contributed by atoms with Crippen LogP contribution in [-0.4, -0.2) is 153 Å². The minimum absolute atomic E-state index is 0.00469. The van der Waals surface area contributed by atoms with E-state index >= 15 is 0 Å². The van der Waals surface area contributed by atoms with Crippen molar-refractivity contribution in [2.75, 3.05) is 119 Å². The van der Waals surface area contributed by atoms with E-state index in [2.05, 4.69) is 165 Å². The molecule has 0 spiro atoms. The highest BCUT2D eigenvalue weighted by Gasteiger charge is 2.37. The summed E-state index contributed by atoms with van der Waals surface area (Å²) in [5.41, 5.74) is 8.02. The van der Waals surface area contributed by atoms with Crippen LogP contribution < -0.4 is 49.2 Å². The van der Waals surface area contributed by atoms with Crippen LogP contribution in [0.2, 0.25) is 0 Å². The van der Waals surface area contributed by atoms with Gasteiger partial charge in [-0.1, -0.05) is 78.9 Å². The van der Waals surface area contributed by atoms with Crippen LogP contribution in [0.3, 0.4) is 0 Å². The van der Waals surface area contributed by atoms with Crippen LogP contribution in [0.15, 0.2) is 103 Å². The van der Waals surface area contributed by atoms with E-state index in [1.54, 1.807) is 0 Å². The maximum absolute atomic E-state index is 6.92. The molecule has 2 N–H and O–H groups in total. The fraction of sp³-hybridized carbons (Fsp3) is 0.469. The predicted molar refractivity (Wildman–Crippen MR) is 318 cm³/mol. The molecule has 4 saturated heterocycles. The lowest BCUT2D eigenvalue weighted by Gasteiger charge is -2.36. The number of anilines is 4. The van der Waals surface area contributed by atoms with E-state index < -0.39 is 0 Å². The van der Waals surface area contributed by atoms with Crippen LogP contribution in [0.1, 0.15) is 61.2 Å². The Hall–Kier alpha value is -6.98. The molecule has 1 unspecified atom stereocenters. The highest BCUT2D eigenvalue weighted by Crippen LogP contribution is 2.40. The number of rotatable bonds is 16. The molecule has 8 heterocycles. The van der Waals surface area contributed by atoms with Crippen LogP contribution in [0, 0.1) is 5.92 Å². The van der Waals surface area contributed by atoms with E-state index in [0.717, 1.165) is 155 Å². The molecule has 80 heavy (non-hydrogen) atoms. The summed E-state index contributed by atoms with van der Waals surface area (Å²) >= 11 is 0. The summed E-state index contributed by atoms with van der Waals surface area (Å²) in [4.78, 5) is 35.6. The lowest BCUT2D eigenvalue weighted by atomic mass is 10.0. The zero-order valence-corrected chi connectivity index (χ0v) is 47.2. The highest BCUT2D eigenvalue weighted by molar-refractivity contribution is 5.97. The van der Waals surface area contributed by atoms with Crippen molar-refractivity contribution in [3.05, 3.63) is 131 Å². The molecule has 6 aliphatic heterocycles. The van der Waals surface area contributed by atoms with Crippen LogP contribution in [0.25, 0.3) is 21.5 Å². The summed E-state index contributed by atoms with van der Waals surface area (Å²) < 4.78 is 26.9. The zero-order valence-electron chi connectivity index (χ0n) is 47.2. The minimum atomic E-state index is -0.149. The van der Waals surface area contributed by atoms with E-state index in [-0.39, 0.29) is 18.2 Å². The van der Waals surface area contributed by atoms with Gasteiger partial charge < -0.3 is 49.2 Å². The molecule has 7 aromatic rings. The smallest absolute Gasteiger partial charge is 0.318 e. The second-order valence-corrected chi connectivity index (χ2v) is 23.2. The maximum atomic E-state index is 6.92. The Bertz CT molecular complexity index is 3300. The molecule has 2 aromatic heterocycles. The third-order valence-corrected chi connectivity index (χ3v) is 17.9. The van der Waals surface area contributed by atoms with Gasteiger partial charge in [-0.3, -0.25) is 9.80 Å². The van der Waals surface area contributed by atoms with E-state index in [1.807, 2.05) is 6.07 Å². The second kappa shape index (κ2) is 23.2. The molecule has 16 heteroatoms. The van der Waals surface area contributed by atoms with Crippen molar-refractivity contribution in [1.29, 1.82) is 0 Å². The van der Waals surface area contributed by atoms with Gasteiger partial charge in [0.25, 0.3) is 0 Å². The normalized spacial score (nSPS) is 21.6. The Kier molecular flexibility index (Phi) is 15.2. The van der Waals surface area contributed by atoms with Gasteiger partial charge >= 0.3 is 12.0 Å². The van der Waals surface area contributed by atoms with Gasteiger partial charge in [-0.05, 0) is 95.1 Å². The number of piperazine rings is 2. The fourth-order valence-electron chi connectivity index (χ4n) is 13.6. The molecular weight excluding hydrogens is 1000 g/mol. The van der Waals surface area contributed by atoms with Gasteiger partial charge in [-0.25, -0.2) is 0 Å². The van der Waals surface area contributed by atoms with E-state index in [0.29, 0.717) is 50.3 Å². The van der Waals surface area contributed by atoms with Crippen molar-refractivity contribution in [1.82, 2.24) is 40.4 Å². The first-order chi connectivity index (χ1) is 39.2. The van der Waals surface area contributed by atoms with Crippen molar-refractivity contribution < 1.29 is 18.9 Å². The molecule has 0 radical (unpaired) electrons. The summed E-state index contributed by atoms with van der Waals surface area (Å²) in [6.45, 7) is 17.9. The van der Waals surface area contributed by atoms with Crippen molar-refractivity contribution >= 4 is 44.6 Å². The average Bonchev–Trinajstić information content (AvgIpc) is 4.26. The quantitative estimate of drug-likeness (QED) is 0.0965. The van der Waals surface area contributed by atoms with Gasteiger partial charge in [0.05, 0.1) is 31.1 Å². The molecule has 5 atom stereocenters. The van der Waals surface area contributed by atoms with Gasteiger partial charge in [0.1, 0.15) is 41.9 Å². The van der Waals surface area contributed by atoms with Crippen LogP contribution in [0.4, 0.5) is 23.0 Å². The number of fused-ring (bicyclic) bond motifs is 4. The SMILES string of the molecule is C[C@@H](Oc1nc2c(c(N3CCNCC3)n1)CCN(c1cc(OCC3C[C@H]([C@@H](C)Oc4nc5c(c(N6CCNCC6)n4)CCN(c4cc(OCc6ccccc6)cc6ccccc46)C5)N(C)C3)cc3ccccc13)C2)[C@H]1CCCN1C. The number of likely N-dealkylation sites (N-methyl/N-ethyl adjacent to an activating group) is 2. The molecule has 418 valence electrons. The molecule has 13 rings (SSSR count). The Morgan fingerprint density at radius 2 is 1.07 bits per heavy atom. The van der Waals surface area contributed by atoms with E-state index in [4.69, 9.17) is 38.9 Å². The Balaban J connectivity index is 0.708. The largest absolute Gasteiger partial charge is 0.493 e. The highest BCUT2D eigenvalue weighted by atomic mass is 16.5. The van der Waals surface area contributed by atoms with Crippen molar-refractivity contribution in [3.63, 3.8) is 0 Å². The Labute approximate surface area is 471 Å². The average molecular weight is 1080 g/mol. The molecular formula is C64H78N12O4. The molecule has 5 aromatic carbocycles. The number of hydrogen-bond acceptors (Lipinski definition) is 16. The third kappa shape index (κ3) is 11.1. The molecule has 0 aliphatic carbocycles. The number of nitrogens with zero attached hydrogens (tertiary/aromatic N) is 10. The Morgan fingerprint density at radius 3 is 1.62 bits per heavy atom. The van der Waals surface area contributed by atoms with Gasteiger partial charge in [0, 0.05) is 135 Å². The number of benzene rings is 5.